The van der Waals surface area contributed by atoms with Gasteiger partial charge in [0.15, 0.2) is 0 Å². The number of aryl methyl sites for hydroxylation is 1. The van der Waals surface area contributed by atoms with Crippen molar-refractivity contribution in [3.05, 3.63) is 58.6 Å². The van der Waals surface area contributed by atoms with Gasteiger partial charge in [-0.15, -0.1) is 0 Å². The third-order valence-corrected chi connectivity index (χ3v) is 7.57. The van der Waals surface area contributed by atoms with Crippen molar-refractivity contribution in [2.45, 2.75) is 24.8 Å². The van der Waals surface area contributed by atoms with Gasteiger partial charge in [0.05, 0.1) is 18.2 Å². The molecule has 2 amide bonds. The zero-order valence-corrected chi connectivity index (χ0v) is 18.8. The first-order chi connectivity index (χ1) is 14.2. The smallest absolute Gasteiger partial charge is 0.317 e. The van der Waals surface area contributed by atoms with Crippen LogP contribution in [0.3, 0.4) is 0 Å². The number of sulfonamides is 1. The SMILES string of the molecule is COc1ccc(C)cc1C(C)NC(=O)N1CCN(S(=O)(=O)c2ccccc2Cl)CC1. The Bertz CT molecular complexity index is 1020. The molecule has 1 aliphatic rings. The molecule has 0 aliphatic carbocycles. The second kappa shape index (κ2) is 9.24. The fourth-order valence-corrected chi connectivity index (χ4v) is 5.39. The van der Waals surface area contributed by atoms with Crippen LogP contribution < -0.4 is 10.1 Å². The summed E-state index contributed by atoms with van der Waals surface area (Å²) in [5, 5.41) is 3.17. The lowest BCUT2D eigenvalue weighted by Gasteiger charge is -2.34. The third kappa shape index (κ3) is 4.71. The van der Waals surface area contributed by atoms with Crippen molar-refractivity contribution in [3.8, 4) is 5.75 Å². The molecule has 162 valence electrons. The van der Waals surface area contributed by atoms with Crippen LogP contribution in [0.1, 0.15) is 24.1 Å². The molecule has 0 spiro atoms. The molecule has 9 heteroatoms. The highest BCUT2D eigenvalue weighted by molar-refractivity contribution is 7.89. The molecule has 30 heavy (non-hydrogen) atoms. The average molecular weight is 452 g/mol. The summed E-state index contributed by atoms with van der Waals surface area (Å²) in [7, 11) is -2.10. The fraction of sp³-hybridized carbons (Fsp3) is 0.381. The molecular formula is C21H26ClN3O4S. The topological polar surface area (TPSA) is 79.0 Å². The van der Waals surface area contributed by atoms with Gasteiger partial charge in [-0.1, -0.05) is 41.4 Å². The highest BCUT2D eigenvalue weighted by atomic mass is 35.5. The van der Waals surface area contributed by atoms with Crippen molar-refractivity contribution in [1.82, 2.24) is 14.5 Å². The number of amides is 2. The Morgan fingerprint density at radius 1 is 1.13 bits per heavy atom. The lowest BCUT2D eigenvalue weighted by molar-refractivity contribution is 0.169. The minimum Gasteiger partial charge on any atom is -0.496 e. The first-order valence-electron chi connectivity index (χ1n) is 9.68. The molecule has 2 aromatic carbocycles. The summed E-state index contributed by atoms with van der Waals surface area (Å²) < 4.78 is 32.5. The molecule has 2 aromatic rings. The molecule has 1 unspecified atom stereocenters. The van der Waals surface area contributed by atoms with Crippen LogP contribution >= 0.6 is 11.6 Å². The summed E-state index contributed by atoms with van der Waals surface area (Å²) >= 11 is 6.07. The molecule has 1 heterocycles. The molecule has 0 saturated carbocycles. The van der Waals surface area contributed by atoms with E-state index < -0.39 is 10.0 Å². The summed E-state index contributed by atoms with van der Waals surface area (Å²) in [5.41, 5.74) is 1.97. The molecule has 1 aliphatic heterocycles. The number of carbonyl (C=O) groups excluding carboxylic acids is 1. The van der Waals surface area contributed by atoms with Gasteiger partial charge in [-0.3, -0.25) is 0 Å². The van der Waals surface area contributed by atoms with Crippen LogP contribution in [0.2, 0.25) is 5.02 Å². The monoisotopic (exact) mass is 451 g/mol. The number of nitrogens with one attached hydrogen (secondary N) is 1. The molecule has 1 N–H and O–H groups in total. The van der Waals surface area contributed by atoms with Gasteiger partial charge in [0, 0.05) is 31.7 Å². The fourth-order valence-electron chi connectivity index (χ4n) is 3.47. The summed E-state index contributed by atoms with van der Waals surface area (Å²) in [6.45, 7) is 4.90. The maximum absolute atomic E-state index is 12.9. The van der Waals surface area contributed by atoms with Gasteiger partial charge in [-0.05, 0) is 32.0 Å². The van der Waals surface area contributed by atoms with Crippen LogP contribution in [0.25, 0.3) is 0 Å². The standard InChI is InChI=1S/C21H26ClN3O4S/c1-15-8-9-19(29-3)17(14-15)16(2)23-21(26)24-10-12-25(13-11-24)30(27,28)20-7-5-4-6-18(20)22/h4-9,14,16H,10-13H2,1-3H3,(H,23,26). The first-order valence-corrected chi connectivity index (χ1v) is 11.5. The number of piperazine rings is 1. The van der Waals surface area contributed by atoms with Crippen LogP contribution in [-0.2, 0) is 10.0 Å². The molecule has 1 fully saturated rings. The predicted octanol–water partition coefficient (Wildman–Crippen LogP) is 3.43. The van der Waals surface area contributed by atoms with E-state index >= 15 is 0 Å². The number of halogens is 1. The van der Waals surface area contributed by atoms with Crippen LogP contribution in [0.4, 0.5) is 4.79 Å². The summed E-state index contributed by atoms with van der Waals surface area (Å²) in [4.78, 5) is 14.4. The van der Waals surface area contributed by atoms with E-state index in [9.17, 15) is 13.2 Å². The van der Waals surface area contributed by atoms with Crippen LogP contribution in [-0.4, -0.2) is 56.9 Å². The number of hydrogen-bond donors (Lipinski definition) is 1. The van der Waals surface area contributed by atoms with Crippen molar-refractivity contribution in [2.24, 2.45) is 0 Å². The van der Waals surface area contributed by atoms with E-state index in [0.717, 1.165) is 11.1 Å². The number of benzene rings is 2. The molecule has 0 bridgehead atoms. The van der Waals surface area contributed by atoms with Crippen molar-refractivity contribution < 1.29 is 17.9 Å². The highest BCUT2D eigenvalue weighted by Gasteiger charge is 2.31. The Morgan fingerprint density at radius 2 is 1.80 bits per heavy atom. The number of nitrogens with zero attached hydrogens (tertiary/aromatic N) is 2. The number of ether oxygens (including phenoxy) is 1. The predicted molar refractivity (Wildman–Crippen MR) is 116 cm³/mol. The van der Waals surface area contributed by atoms with Crippen LogP contribution in [0.5, 0.6) is 5.75 Å². The quantitative estimate of drug-likeness (QED) is 0.755. The van der Waals surface area contributed by atoms with E-state index in [2.05, 4.69) is 5.32 Å². The Labute approximate surface area is 182 Å². The van der Waals surface area contributed by atoms with E-state index in [4.69, 9.17) is 16.3 Å². The van der Waals surface area contributed by atoms with Gasteiger partial charge in [-0.2, -0.15) is 4.31 Å². The zero-order chi connectivity index (χ0) is 21.9. The third-order valence-electron chi connectivity index (χ3n) is 5.17. The van der Waals surface area contributed by atoms with Crippen molar-refractivity contribution in [1.29, 1.82) is 0 Å². The van der Waals surface area contributed by atoms with E-state index in [0.29, 0.717) is 18.8 Å². The van der Waals surface area contributed by atoms with E-state index in [1.165, 1.54) is 10.4 Å². The Hall–Kier alpha value is -2.29. The minimum atomic E-state index is -3.70. The lowest BCUT2D eigenvalue weighted by Crippen LogP contribution is -2.53. The maximum atomic E-state index is 12.9. The Kier molecular flexibility index (Phi) is 6.90. The summed E-state index contributed by atoms with van der Waals surface area (Å²) in [5.74, 6) is 0.712. The number of methoxy groups -OCH3 is 1. The van der Waals surface area contributed by atoms with Gasteiger partial charge in [0.1, 0.15) is 10.6 Å². The average Bonchev–Trinajstić information content (AvgIpc) is 2.74. The number of urea groups is 1. The number of carbonyl (C=O) groups is 1. The van der Waals surface area contributed by atoms with Crippen LogP contribution in [0.15, 0.2) is 47.4 Å². The lowest BCUT2D eigenvalue weighted by atomic mass is 10.0. The molecule has 1 saturated heterocycles. The zero-order valence-electron chi connectivity index (χ0n) is 17.3. The second-order valence-corrected chi connectivity index (χ2v) is 9.55. The largest absolute Gasteiger partial charge is 0.496 e. The molecule has 0 radical (unpaired) electrons. The van der Waals surface area contributed by atoms with E-state index in [1.54, 1.807) is 30.2 Å². The van der Waals surface area contributed by atoms with Crippen molar-refractivity contribution in [3.63, 3.8) is 0 Å². The van der Waals surface area contributed by atoms with Gasteiger partial charge >= 0.3 is 6.03 Å². The molecule has 7 nitrogen and oxygen atoms in total. The minimum absolute atomic E-state index is 0.0877. The maximum Gasteiger partial charge on any atom is 0.317 e. The number of rotatable bonds is 5. The summed E-state index contributed by atoms with van der Waals surface area (Å²) in [6, 6.07) is 11.7. The molecule has 1 atom stereocenters. The Morgan fingerprint density at radius 3 is 2.43 bits per heavy atom. The summed E-state index contributed by atoms with van der Waals surface area (Å²) in [6.07, 6.45) is 0. The molecule has 0 aromatic heterocycles. The van der Waals surface area contributed by atoms with Gasteiger partial charge in [0.2, 0.25) is 10.0 Å². The molecule has 3 rings (SSSR count). The first kappa shape index (κ1) is 22.4. The van der Waals surface area contributed by atoms with E-state index in [-0.39, 0.29) is 35.1 Å². The molecular weight excluding hydrogens is 426 g/mol. The second-order valence-electron chi connectivity index (χ2n) is 7.24. The van der Waals surface area contributed by atoms with Gasteiger partial charge in [0.25, 0.3) is 0 Å². The van der Waals surface area contributed by atoms with Crippen molar-refractivity contribution in [2.75, 3.05) is 33.3 Å². The van der Waals surface area contributed by atoms with Gasteiger partial charge in [-0.25, -0.2) is 13.2 Å². The van der Waals surface area contributed by atoms with Gasteiger partial charge < -0.3 is 15.0 Å². The van der Waals surface area contributed by atoms with Crippen molar-refractivity contribution >= 4 is 27.7 Å². The van der Waals surface area contributed by atoms with Crippen LogP contribution in [0, 0.1) is 6.92 Å². The Balaban J connectivity index is 1.63. The highest BCUT2D eigenvalue weighted by Crippen LogP contribution is 2.27. The normalized spacial score (nSPS) is 16.2. The van der Waals surface area contributed by atoms with E-state index in [1.807, 2.05) is 32.0 Å². The number of hydrogen-bond acceptors (Lipinski definition) is 4.